The van der Waals surface area contributed by atoms with Crippen molar-refractivity contribution in [1.29, 1.82) is 0 Å². The molecule has 5 rings (SSSR count). The van der Waals surface area contributed by atoms with Crippen molar-refractivity contribution in [1.82, 2.24) is 25.1 Å². The summed E-state index contributed by atoms with van der Waals surface area (Å²) < 4.78 is 1.63. The molecule has 9 heteroatoms. The van der Waals surface area contributed by atoms with Crippen molar-refractivity contribution in [2.45, 2.75) is 6.54 Å². The summed E-state index contributed by atoms with van der Waals surface area (Å²) in [6.45, 7) is 0.751. The molecule has 0 bridgehead atoms. The smallest absolute Gasteiger partial charge is 0.241 e. The molecule has 5 aromatic rings. The summed E-state index contributed by atoms with van der Waals surface area (Å²) in [7, 11) is 0. The zero-order valence-electron chi connectivity index (χ0n) is 19.6. The van der Waals surface area contributed by atoms with Crippen LogP contribution in [0.2, 0.25) is 0 Å². The van der Waals surface area contributed by atoms with E-state index in [4.69, 9.17) is 10.2 Å². The van der Waals surface area contributed by atoms with Crippen molar-refractivity contribution in [3.8, 4) is 22.4 Å². The van der Waals surface area contributed by atoms with Gasteiger partial charge in [-0.25, -0.2) is 4.98 Å². The minimum Gasteiger partial charge on any atom is -0.395 e. The number of nitrogens with one attached hydrogen (secondary N) is 4. The van der Waals surface area contributed by atoms with E-state index in [-0.39, 0.29) is 25.6 Å². The first kappa shape index (κ1) is 23.1. The monoisotopic (exact) mass is 481 g/mol. The van der Waals surface area contributed by atoms with Crippen molar-refractivity contribution in [3.63, 3.8) is 0 Å². The van der Waals surface area contributed by atoms with Gasteiger partial charge in [-0.1, -0.05) is 30.3 Å². The lowest BCUT2D eigenvalue weighted by molar-refractivity contribution is -0.122. The summed E-state index contributed by atoms with van der Waals surface area (Å²) in [5, 5.41) is 24.1. The molecule has 0 atom stereocenters. The number of nitrogens with zero attached hydrogens (tertiary/aromatic N) is 3. The van der Waals surface area contributed by atoms with Gasteiger partial charge in [0.1, 0.15) is 17.9 Å². The molecule has 182 valence electrons. The van der Waals surface area contributed by atoms with Crippen molar-refractivity contribution in [3.05, 3.63) is 85.3 Å². The maximum absolute atomic E-state index is 12.3. The lowest BCUT2D eigenvalue weighted by atomic mass is 10.0. The van der Waals surface area contributed by atoms with Gasteiger partial charge in [0, 0.05) is 53.0 Å². The molecule has 0 saturated carbocycles. The highest BCUT2D eigenvalue weighted by atomic mass is 16.3. The second kappa shape index (κ2) is 10.7. The summed E-state index contributed by atoms with van der Waals surface area (Å²) in [5.74, 6) is -0.211. The van der Waals surface area contributed by atoms with Gasteiger partial charge in [-0.2, -0.15) is 5.10 Å². The number of carbonyl (C=O) groups excluding carboxylic acids is 1. The summed E-state index contributed by atoms with van der Waals surface area (Å²) in [4.78, 5) is 19.8. The number of fused-ring (bicyclic) bond motifs is 1. The van der Waals surface area contributed by atoms with E-state index in [0.717, 1.165) is 44.8 Å². The molecule has 36 heavy (non-hydrogen) atoms. The van der Waals surface area contributed by atoms with Crippen LogP contribution in [-0.4, -0.2) is 50.6 Å². The molecule has 0 spiro atoms. The zero-order valence-corrected chi connectivity index (χ0v) is 19.6. The van der Waals surface area contributed by atoms with Gasteiger partial charge >= 0.3 is 0 Å². The first-order chi connectivity index (χ1) is 17.7. The van der Waals surface area contributed by atoms with Crippen molar-refractivity contribution in [2.24, 2.45) is 0 Å². The number of amides is 1. The highest BCUT2D eigenvalue weighted by molar-refractivity contribution is 5.97. The summed E-state index contributed by atoms with van der Waals surface area (Å²) in [5.41, 5.74) is 6.40. The van der Waals surface area contributed by atoms with Crippen LogP contribution in [0.4, 0.5) is 11.4 Å². The Hall–Kier alpha value is -4.63. The van der Waals surface area contributed by atoms with Gasteiger partial charge in [-0.3, -0.25) is 9.48 Å². The average Bonchev–Trinajstić information content (AvgIpc) is 3.56. The van der Waals surface area contributed by atoms with Crippen molar-refractivity contribution < 1.29 is 9.90 Å². The number of H-pyrrole nitrogens is 1. The fourth-order valence-corrected chi connectivity index (χ4v) is 4.06. The predicted molar refractivity (Wildman–Crippen MR) is 141 cm³/mol. The average molecular weight is 482 g/mol. The molecule has 5 N–H and O–H groups in total. The molecule has 3 aromatic heterocycles. The van der Waals surface area contributed by atoms with E-state index in [2.05, 4.69) is 25.9 Å². The number of hydrogen-bond donors (Lipinski definition) is 5. The zero-order chi connectivity index (χ0) is 24.7. The van der Waals surface area contributed by atoms with Crippen LogP contribution in [0.1, 0.15) is 0 Å². The van der Waals surface area contributed by atoms with Crippen molar-refractivity contribution in [2.75, 3.05) is 30.5 Å². The topological polar surface area (TPSA) is 120 Å². The number of aliphatic hydroxyl groups excluding tert-OH is 1. The fourth-order valence-electron chi connectivity index (χ4n) is 4.06. The number of benzene rings is 2. The minimum absolute atomic E-state index is 0.0547. The first-order valence-corrected chi connectivity index (χ1v) is 11.7. The molecule has 0 fully saturated rings. The SMILES string of the molecule is O=C(Cn1cc(-c2ccnc3[nH]ccc23)c(-c2ccc(NCNc3ccccc3)cc2)n1)NCCO. The van der Waals surface area contributed by atoms with Crippen LogP contribution < -0.4 is 16.0 Å². The van der Waals surface area contributed by atoms with Crippen LogP contribution in [0.15, 0.2) is 85.3 Å². The van der Waals surface area contributed by atoms with E-state index < -0.39 is 0 Å². The van der Waals surface area contributed by atoms with Crippen LogP contribution >= 0.6 is 0 Å². The number of aromatic nitrogens is 4. The van der Waals surface area contributed by atoms with E-state index in [9.17, 15) is 4.79 Å². The van der Waals surface area contributed by atoms with E-state index >= 15 is 0 Å². The van der Waals surface area contributed by atoms with Gasteiger partial charge < -0.3 is 26.0 Å². The van der Waals surface area contributed by atoms with Crippen molar-refractivity contribution >= 4 is 28.3 Å². The Bertz CT molecular complexity index is 1440. The third kappa shape index (κ3) is 5.21. The third-order valence-corrected chi connectivity index (χ3v) is 5.77. The minimum atomic E-state index is -0.211. The normalized spacial score (nSPS) is 10.9. The number of hydrogen-bond acceptors (Lipinski definition) is 6. The van der Waals surface area contributed by atoms with Gasteiger partial charge in [0.15, 0.2) is 0 Å². The number of aromatic amines is 1. The fraction of sp³-hybridized carbons (Fsp3) is 0.148. The maximum Gasteiger partial charge on any atom is 0.241 e. The highest BCUT2D eigenvalue weighted by Crippen LogP contribution is 2.35. The molecule has 2 aromatic carbocycles. The molecule has 0 aliphatic carbocycles. The molecule has 0 unspecified atom stereocenters. The molecular weight excluding hydrogens is 454 g/mol. The Morgan fingerprint density at radius 1 is 0.944 bits per heavy atom. The second-order valence-electron chi connectivity index (χ2n) is 8.23. The van der Waals surface area contributed by atoms with Crippen LogP contribution in [0.5, 0.6) is 0 Å². The maximum atomic E-state index is 12.3. The van der Waals surface area contributed by atoms with Crippen LogP contribution in [0.25, 0.3) is 33.4 Å². The van der Waals surface area contributed by atoms with Gasteiger partial charge in [-0.05, 0) is 42.0 Å². The summed E-state index contributed by atoms with van der Waals surface area (Å²) in [6, 6.07) is 22.0. The Morgan fingerprint density at radius 3 is 2.50 bits per heavy atom. The standard InChI is InChI=1S/C27H27N7O2/c35-15-14-28-25(36)17-34-16-24(22-10-12-29-27-23(22)11-13-30-27)26(33-34)19-6-8-21(9-7-19)32-18-31-20-4-2-1-3-5-20/h1-13,16,31-32,35H,14-15,17-18H2,(H,28,36)(H,29,30). The van der Waals surface area contributed by atoms with Gasteiger partial charge in [0.25, 0.3) is 0 Å². The largest absolute Gasteiger partial charge is 0.395 e. The molecule has 0 saturated heterocycles. The molecule has 9 nitrogen and oxygen atoms in total. The number of pyridine rings is 1. The predicted octanol–water partition coefficient (Wildman–Crippen LogP) is 3.68. The number of rotatable bonds is 10. The molecule has 3 heterocycles. The first-order valence-electron chi connectivity index (χ1n) is 11.7. The summed E-state index contributed by atoms with van der Waals surface area (Å²) in [6.07, 6.45) is 5.50. The molecule has 0 aliphatic heterocycles. The lowest BCUT2D eigenvalue weighted by Gasteiger charge is -2.10. The Morgan fingerprint density at radius 2 is 1.72 bits per heavy atom. The molecule has 0 radical (unpaired) electrons. The van der Waals surface area contributed by atoms with Crippen LogP contribution in [-0.2, 0) is 11.3 Å². The Kier molecular flexibility index (Phi) is 6.90. The van der Waals surface area contributed by atoms with Gasteiger partial charge in [-0.15, -0.1) is 0 Å². The molecule has 0 aliphatic rings. The number of carbonyl (C=O) groups is 1. The van der Waals surface area contributed by atoms with E-state index in [0.29, 0.717) is 6.67 Å². The van der Waals surface area contributed by atoms with Gasteiger partial charge in [0.05, 0.1) is 13.3 Å². The summed E-state index contributed by atoms with van der Waals surface area (Å²) >= 11 is 0. The number of anilines is 2. The highest BCUT2D eigenvalue weighted by Gasteiger charge is 2.17. The molecular formula is C27H27N7O2. The van der Waals surface area contributed by atoms with E-state index in [1.807, 2.05) is 79.1 Å². The number of para-hydroxylation sites is 1. The van der Waals surface area contributed by atoms with Crippen LogP contribution in [0, 0.1) is 0 Å². The Balaban J connectivity index is 1.41. The number of aliphatic hydroxyl groups is 1. The Labute approximate surface area is 208 Å². The lowest BCUT2D eigenvalue weighted by Crippen LogP contribution is -2.30. The molecule has 1 amide bonds. The van der Waals surface area contributed by atoms with Gasteiger partial charge in [0.2, 0.25) is 5.91 Å². The second-order valence-corrected chi connectivity index (χ2v) is 8.23. The van der Waals surface area contributed by atoms with Crippen LogP contribution in [0.3, 0.4) is 0 Å². The quantitative estimate of drug-likeness (QED) is 0.194. The van der Waals surface area contributed by atoms with E-state index in [1.54, 1.807) is 10.9 Å². The third-order valence-electron chi connectivity index (χ3n) is 5.77. The van der Waals surface area contributed by atoms with E-state index in [1.165, 1.54) is 0 Å².